The van der Waals surface area contributed by atoms with Gasteiger partial charge in [0.05, 0.1) is 17.7 Å². The molecule has 6 heterocycles. The van der Waals surface area contributed by atoms with Crippen LogP contribution >= 0.6 is 0 Å². The van der Waals surface area contributed by atoms with Crippen LogP contribution in [0.2, 0.25) is 0 Å². The van der Waals surface area contributed by atoms with Crippen LogP contribution in [0, 0.1) is 5.82 Å². The molecule has 1 N–H and O–H groups in total. The second kappa shape index (κ2) is 9.59. The second-order valence-electron chi connectivity index (χ2n) is 11.8. The molecule has 7 rings (SSSR count). The number of β-amino-alcohol motifs (C(OH)–C–C–N with tert-alkyl or cyclic N) is 1. The largest absolute Gasteiger partial charge is 0.389 e. The second-order valence-corrected chi connectivity index (χ2v) is 11.8. The first-order valence-electron chi connectivity index (χ1n) is 14.1. The Morgan fingerprint density at radius 2 is 1.85 bits per heavy atom. The number of ether oxygens (including phenoxy) is 1. The third-order valence-electron chi connectivity index (χ3n) is 8.96. The van der Waals surface area contributed by atoms with E-state index in [1.54, 1.807) is 18.6 Å². The molecule has 0 amide bonds. The van der Waals surface area contributed by atoms with Crippen LogP contribution in [0.15, 0.2) is 47.7 Å². The molecule has 2 atom stereocenters. The third kappa shape index (κ3) is 4.32. The highest BCUT2D eigenvalue weighted by Gasteiger charge is 2.46. The number of aliphatic imine (C=N–C) groups is 1. The standard InChI is InChI=1S/C30H35FN6O2/c1-29(38)10-4-16-36(19-29)37-27-22(18-34-28(37)39-20-30-11-5-14-35(30)15-6-12-30)17-33-26(24(27)31)23-9-2-7-21-8-3-13-32-25(21)23/h2-3,7-9,13,17-18,28,38H,4-6,10-12,14-16,19-20H2,1H3. The molecule has 0 spiro atoms. The first-order chi connectivity index (χ1) is 18.9. The average molecular weight is 531 g/mol. The molecular formula is C30H35FN6O2. The number of pyridine rings is 2. The van der Waals surface area contributed by atoms with Crippen molar-refractivity contribution < 1.29 is 14.2 Å². The highest BCUT2D eigenvalue weighted by atomic mass is 19.1. The van der Waals surface area contributed by atoms with Crippen molar-refractivity contribution in [2.75, 3.05) is 37.8 Å². The van der Waals surface area contributed by atoms with Crippen molar-refractivity contribution >= 4 is 22.8 Å². The fraction of sp³-hybridized carbons (Fsp3) is 0.500. The number of benzene rings is 1. The van der Waals surface area contributed by atoms with E-state index in [0.717, 1.165) is 37.7 Å². The number of aromatic nitrogens is 2. The minimum absolute atomic E-state index is 0.0471. The molecule has 0 aliphatic carbocycles. The van der Waals surface area contributed by atoms with Crippen molar-refractivity contribution in [3.05, 3.63) is 54.1 Å². The van der Waals surface area contributed by atoms with Gasteiger partial charge in [-0.25, -0.2) is 14.4 Å². The van der Waals surface area contributed by atoms with Gasteiger partial charge in [0, 0.05) is 53.7 Å². The van der Waals surface area contributed by atoms with Crippen LogP contribution in [0.4, 0.5) is 10.1 Å². The minimum atomic E-state index is -0.887. The maximum atomic E-state index is 16.7. The van der Waals surface area contributed by atoms with E-state index in [9.17, 15) is 5.11 Å². The lowest BCUT2D eigenvalue weighted by molar-refractivity contribution is -0.0650. The van der Waals surface area contributed by atoms with Gasteiger partial charge in [-0.15, -0.1) is 0 Å². The summed E-state index contributed by atoms with van der Waals surface area (Å²) in [6.45, 7) is 5.66. The minimum Gasteiger partial charge on any atom is -0.389 e. The van der Waals surface area contributed by atoms with E-state index < -0.39 is 17.8 Å². The number of hydrogen-bond donors (Lipinski definition) is 1. The maximum Gasteiger partial charge on any atom is 0.242 e. The first kappa shape index (κ1) is 25.0. The SMILES string of the molecule is CC1(O)CCCN(N2c3c(cnc(-c4cccc5cccnc45)c3F)C=NC2OCC23CCCN2CCC3)C1. The molecule has 4 aliphatic rings. The lowest BCUT2D eigenvalue weighted by atomic mass is 9.95. The number of rotatable bonds is 5. The fourth-order valence-corrected chi connectivity index (χ4v) is 7.08. The van der Waals surface area contributed by atoms with Crippen molar-refractivity contribution in [2.45, 2.75) is 62.9 Å². The smallest absolute Gasteiger partial charge is 0.242 e. The van der Waals surface area contributed by atoms with E-state index >= 15 is 4.39 Å². The van der Waals surface area contributed by atoms with Crippen LogP contribution in [0.3, 0.4) is 0 Å². The van der Waals surface area contributed by atoms with Crippen molar-refractivity contribution in [1.29, 1.82) is 0 Å². The van der Waals surface area contributed by atoms with Gasteiger partial charge in [-0.2, -0.15) is 0 Å². The van der Waals surface area contributed by atoms with Gasteiger partial charge in [-0.05, 0) is 64.6 Å². The number of piperidine rings is 1. The van der Waals surface area contributed by atoms with Crippen LogP contribution in [0.1, 0.15) is 51.0 Å². The van der Waals surface area contributed by atoms with Crippen LogP contribution in [0.5, 0.6) is 0 Å². The molecule has 4 aliphatic heterocycles. The Morgan fingerprint density at radius 1 is 1.05 bits per heavy atom. The molecule has 9 heteroatoms. The van der Waals surface area contributed by atoms with E-state index in [1.165, 1.54) is 12.8 Å². The summed E-state index contributed by atoms with van der Waals surface area (Å²) in [5.41, 5.74) is 1.74. The van der Waals surface area contributed by atoms with Crippen molar-refractivity contribution in [3.8, 4) is 11.3 Å². The molecule has 1 aromatic carbocycles. The monoisotopic (exact) mass is 530 g/mol. The molecule has 8 nitrogen and oxygen atoms in total. The Bertz CT molecular complexity index is 1410. The summed E-state index contributed by atoms with van der Waals surface area (Å²) < 4.78 is 23.3. The van der Waals surface area contributed by atoms with Crippen LogP contribution < -0.4 is 5.01 Å². The van der Waals surface area contributed by atoms with Gasteiger partial charge in [-0.1, -0.05) is 24.3 Å². The molecule has 3 fully saturated rings. The predicted octanol–water partition coefficient (Wildman–Crippen LogP) is 4.37. The number of halogens is 1. The summed E-state index contributed by atoms with van der Waals surface area (Å²) in [5.74, 6) is -0.433. The Hall–Kier alpha value is -2.98. The van der Waals surface area contributed by atoms with Gasteiger partial charge in [-0.3, -0.25) is 19.9 Å². The summed E-state index contributed by atoms with van der Waals surface area (Å²) in [4.78, 5) is 16.4. The predicted molar refractivity (Wildman–Crippen MR) is 149 cm³/mol. The van der Waals surface area contributed by atoms with E-state index in [0.29, 0.717) is 48.4 Å². The maximum absolute atomic E-state index is 16.7. The summed E-state index contributed by atoms with van der Waals surface area (Å²) in [7, 11) is 0. The van der Waals surface area contributed by atoms with Gasteiger partial charge >= 0.3 is 0 Å². The molecule has 0 radical (unpaired) electrons. The molecule has 2 aromatic heterocycles. The topological polar surface area (TPSA) is 77.3 Å². The average Bonchev–Trinajstić information content (AvgIpc) is 3.52. The van der Waals surface area contributed by atoms with Gasteiger partial charge in [0.15, 0.2) is 5.82 Å². The van der Waals surface area contributed by atoms with E-state index in [-0.39, 0.29) is 11.2 Å². The summed E-state index contributed by atoms with van der Waals surface area (Å²) in [6.07, 6.45) is 10.4. The summed E-state index contributed by atoms with van der Waals surface area (Å²) >= 11 is 0. The number of nitrogens with zero attached hydrogens (tertiary/aromatic N) is 6. The van der Waals surface area contributed by atoms with E-state index in [4.69, 9.17) is 9.73 Å². The Morgan fingerprint density at radius 3 is 2.67 bits per heavy atom. The van der Waals surface area contributed by atoms with Gasteiger partial charge in [0.1, 0.15) is 11.4 Å². The van der Waals surface area contributed by atoms with Crippen LogP contribution in [-0.2, 0) is 4.74 Å². The number of para-hydroxylation sites is 1. The first-order valence-corrected chi connectivity index (χ1v) is 14.1. The zero-order valence-corrected chi connectivity index (χ0v) is 22.4. The highest BCUT2D eigenvalue weighted by molar-refractivity contribution is 5.96. The molecule has 39 heavy (non-hydrogen) atoms. The van der Waals surface area contributed by atoms with Gasteiger partial charge in [0.2, 0.25) is 6.35 Å². The number of hydrogen-bond acceptors (Lipinski definition) is 8. The zero-order valence-electron chi connectivity index (χ0n) is 22.4. The number of fused-ring (bicyclic) bond motifs is 3. The fourth-order valence-electron chi connectivity index (χ4n) is 7.08. The molecule has 3 aromatic rings. The molecule has 2 unspecified atom stereocenters. The Balaban J connectivity index is 1.30. The normalized spacial score (nSPS) is 26.7. The van der Waals surface area contributed by atoms with Crippen LogP contribution in [-0.4, -0.2) is 81.5 Å². The number of hydrazine groups is 1. The van der Waals surface area contributed by atoms with Crippen molar-refractivity contribution in [2.24, 2.45) is 4.99 Å². The Kier molecular flexibility index (Phi) is 6.15. The zero-order chi connectivity index (χ0) is 26.6. The summed E-state index contributed by atoms with van der Waals surface area (Å²) in [5, 5.41) is 15.8. The molecule has 3 saturated heterocycles. The molecular weight excluding hydrogens is 495 g/mol. The molecule has 204 valence electrons. The number of anilines is 1. The molecule has 0 bridgehead atoms. The number of aliphatic hydroxyl groups is 1. The Labute approximate surface area is 228 Å². The van der Waals surface area contributed by atoms with Gasteiger partial charge in [0.25, 0.3) is 0 Å². The van der Waals surface area contributed by atoms with E-state index in [2.05, 4.69) is 14.9 Å². The summed E-state index contributed by atoms with van der Waals surface area (Å²) in [6, 6.07) is 9.58. The van der Waals surface area contributed by atoms with E-state index in [1.807, 2.05) is 47.3 Å². The van der Waals surface area contributed by atoms with Gasteiger partial charge < -0.3 is 9.84 Å². The highest BCUT2D eigenvalue weighted by Crippen LogP contribution is 2.41. The van der Waals surface area contributed by atoms with Crippen molar-refractivity contribution in [3.63, 3.8) is 0 Å². The van der Waals surface area contributed by atoms with Crippen LogP contribution in [0.25, 0.3) is 22.2 Å². The molecule has 0 saturated carbocycles. The lowest BCUT2D eigenvalue weighted by Gasteiger charge is -2.47. The third-order valence-corrected chi connectivity index (χ3v) is 8.96. The lowest BCUT2D eigenvalue weighted by Crippen LogP contribution is -2.59. The van der Waals surface area contributed by atoms with Crippen molar-refractivity contribution in [1.82, 2.24) is 19.9 Å². The quantitative estimate of drug-likeness (QED) is 0.525.